The summed E-state index contributed by atoms with van der Waals surface area (Å²) in [7, 11) is 0. The van der Waals surface area contributed by atoms with Gasteiger partial charge in [0.25, 0.3) is 0 Å². The van der Waals surface area contributed by atoms with Gasteiger partial charge >= 0.3 is 0 Å². The third-order valence-corrected chi connectivity index (χ3v) is 6.19. The number of carbonyl (C=O) groups excluding carboxylic acids is 3. The van der Waals surface area contributed by atoms with Crippen molar-refractivity contribution < 1.29 is 14.4 Å². The van der Waals surface area contributed by atoms with Gasteiger partial charge in [0.05, 0.1) is 0 Å². The van der Waals surface area contributed by atoms with Gasteiger partial charge in [-0.1, -0.05) is 108 Å². The normalized spacial score (nSPS) is 11.5. The number of aryl methyl sites for hydroxylation is 3. The Morgan fingerprint density at radius 1 is 0.436 bits per heavy atom. The Kier molecular flexibility index (Phi) is 8.75. The van der Waals surface area contributed by atoms with Crippen molar-refractivity contribution in [2.24, 2.45) is 0 Å². The van der Waals surface area contributed by atoms with Gasteiger partial charge in [0.2, 0.25) is 0 Å². The van der Waals surface area contributed by atoms with Crippen LogP contribution in [0.4, 0.5) is 0 Å². The molecule has 0 unspecified atom stereocenters. The molecule has 0 atom stereocenters. The van der Waals surface area contributed by atoms with Crippen molar-refractivity contribution in [2.75, 3.05) is 0 Å². The van der Waals surface area contributed by atoms with Crippen LogP contribution < -0.4 is 0 Å². The molecule has 0 fully saturated rings. The van der Waals surface area contributed by atoms with Crippen LogP contribution in [-0.4, -0.2) is 17.3 Å². The Hall–Kier alpha value is -4.89. The Morgan fingerprint density at radius 2 is 0.718 bits per heavy atom. The van der Waals surface area contributed by atoms with Gasteiger partial charge in [-0.3, -0.25) is 14.4 Å². The Balaban J connectivity index is 1.66. The molecule has 4 rings (SSSR count). The zero-order valence-corrected chi connectivity index (χ0v) is 22.3. The Bertz CT molecular complexity index is 1430. The van der Waals surface area contributed by atoms with Crippen LogP contribution in [0.5, 0.6) is 0 Å². The first kappa shape index (κ1) is 27.2. The van der Waals surface area contributed by atoms with Gasteiger partial charge in [-0.15, -0.1) is 0 Å². The number of hydrogen-bond donors (Lipinski definition) is 0. The van der Waals surface area contributed by atoms with Gasteiger partial charge in [0, 0.05) is 16.7 Å². The lowest BCUT2D eigenvalue weighted by atomic mass is 9.97. The van der Waals surface area contributed by atoms with E-state index in [2.05, 4.69) is 0 Å². The smallest absolute Gasteiger partial charge is 0.185 e. The number of benzene rings is 4. The monoisotopic (exact) mass is 510 g/mol. The van der Waals surface area contributed by atoms with Crippen molar-refractivity contribution in [3.8, 4) is 0 Å². The van der Waals surface area contributed by atoms with Crippen molar-refractivity contribution in [2.45, 2.75) is 20.8 Å². The number of ketones is 3. The second-order valence-electron chi connectivity index (χ2n) is 9.63. The highest BCUT2D eigenvalue weighted by molar-refractivity contribution is 6.15. The second-order valence-corrected chi connectivity index (χ2v) is 9.63. The van der Waals surface area contributed by atoms with Crippen molar-refractivity contribution in [1.29, 1.82) is 0 Å². The van der Waals surface area contributed by atoms with Crippen LogP contribution in [0.25, 0.3) is 18.2 Å². The quantitative estimate of drug-likeness (QED) is 0.168. The van der Waals surface area contributed by atoms with Crippen molar-refractivity contribution in [3.05, 3.63) is 159 Å². The highest BCUT2D eigenvalue weighted by Gasteiger charge is 2.13. The highest BCUT2D eigenvalue weighted by Crippen LogP contribution is 2.17. The first-order valence-electron chi connectivity index (χ1n) is 12.8. The third kappa shape index (κ3) is 7.80. The molecule has 0 saturated carbocycles. The molecule has 4 aromatic rings. The molecule has 0 aliphatic carbocycles. The van der Waals surface area contributed by atoms with Gasteiger partial charge in [0.15, 0.2) is 17.3 Å². The molecule has 0 aromatic heterocycles. The molecule has 0 radical (unpaired) electrons. The Morgan fingerprint density at radius 3 is 0.974 bits per heavy atom. The summed E-state index contributed by atoms with van der Waals surface area (Å²) in [6.07, 6.45) is 9.62. The molecule has 0 saturated heterocycles. The van der Waals surface area contributed by atoms with E-state index >= 15 is 0 Å². The summed E-state index contributed by atoms with van der Waals surface area (Å²) in [4.78, 5) is 39.4. The Labute approximate surface area is 229 Å². The fourth-order valence-electron chi connectivity index (χ4n) is 4.18. The minimum Gasteiger partial charge on any atom is -0.289 e. The van der Waals surface area contributed by atoms with Gasteiger partial charge < -0.3 is 0 Å². The molecule has 0 aliphatic rings. The van der Waals surface area contributed by atoms with Crippen molar-refractivity contribution >= 4 is 35.6 Å². The summed E-state index contributed by atoms with van der Waals surface area (Å²) >= 11 is 0. The maximum Gasteiger partial charge on any atom is 0.185 e. The van der Waals surface area contributed by atoms with Crippen LogP contribution in [0.1, 0.15) is 64.5 Å². The zero-order chi connectivity index (χ0) is 27.8. The summed E-state index contributed by atoms with van der Waals surface area (Å²) in [5.74, 6) is -0.860. The van der Waals surface area contributed by atoms with E-state index in [4.69, 9.17) is 0 Å². The number of carbonyl (C=O) groups is 3. The van der Waals surface area contributed by atoms with E-state index in [1.165, 1.54) is 18.2 Å². The average molecular weight is 511 g/mol. The molecule has 0 aliphatic heterocycles. The van der Waals surface area contributed by atoms with E-state index in [9.17, 15) is 14.4 Å². The minimum atomic E-state index is -0.287. The maximum absolute atomic E-state index is 13.1. The lowest BCUT2D eigenvalue weighted by Gasteiger charge is -2.05. The largest absolute Gasteiger partial charge is 0.289 e. The molecule has 0 heterocycles. The van der Waals surface area contributed by atoms with Crippen LogP contribution in [0.3, 0.4) is 0 Å². The van der Waals surface area contributed by atoms with Crippen LogP contribution in [0, 0.1) is 20.8 Å². The summed E-state index contributed by atoms with van der Waals surface area (Å²) in [5.41, 5.74) is 6.79. The molecule has 0 amide bonds. The summed E-state index contributed by atoms with van der Waals surface area (Å²) in [5, 5.41) is 0. The first-order chi connectivity index (χ1) is 18.8. The van der Waals surface area contributed by atoms with E-state index in [0.29, 0.717) is 0 Å². The van der Waals surface area contributed by atoms with Crippen LogP contribution in [0.2, 0.25) is 0 Å². The van der Waals surface area contributed by atoms with E-state index in [-0.39, 0.29) is 34.0 Å². The van der Waals surface area contributed by atoms with Gasteiger partial charge in [-0.2, -0.15) is 0 Å². The van der Waals surface area contributed by atoms with Crippen LogP contribution in [-0.2, 0) is 0 Å². The lowest BCUT2D eigenvalue weighted by molar-refractivity contribution is 0.104. The van der Waals surface area contributed by atoms with E-state index < -0.39 is 0 Å². The molecule has 4 aromatic carbocycles. The number of hydrogen-bond acceptors (Lipinski definition) is 3. The lowest BCUT2D eigenvalue weighted by Crippen LogP contribution is -2.05. The first-order valence-corrected chi connectivity index (χ1v) is 12.8. The number of rotatable bonds is 9. The van der Waals surface area contributed by atoms with Crippen LogP contribution >= 0.6 is 0 Å². The third-order valence-electron chi connectivity index (χ3n) is 6.19. The topological polar surface area (TPSA) is 51.2 Å². The summed E-state index contributed by atoms with van der Waals surface area (Å²) in [6, 6.07) is 28.1. The molecule has 3 nitrogen and oxygen atoms in total. The second kappa shape index (κ2) is 12.6. The predicted molar refractivity (Wildman–Crippen MR) is 160 cm³/mol. The molecule has 3 heteroatoms. The van der Waals surface area contributed by atoms with E-state index in [1.807, 2.05) is 93.6 Å². The molecule has 192 valence electrons. The molecular weight excluding hydrogens is 480 g/mol. The molecule has 39 heavy (non-hydrogen) atoms. The van der Waals surface area contributed by atoms with E-state index in [0.717, 1.165) is 33.4 Å². The minimum absolute atomic E-state index is 0.279. The average Bonchev–Trinajstić information content (AvgIpc) is 2.93. The molecule has 0 N–H and O–H groups in total. The predicted octanol–water partition coefficient (Wildman–Crippen LogP) is 8.30. The van der Waals surface area contributed by atoms with E-state index in [1.54, 1.807) is 36.4 Å². The SMILES string of the molecule is Cc1cccc(/C=C/C(=O)c2cc(C(=O)/C=C/c3cccc(C)c3)cc(C(=O)/C=C/c3cccc(C)c3)c2)c1. The molecule has 0 bridgehead atoms. The summed E-state index contributed by atoms with van der Waals surface area (Å²) < 4.78 is 0. The summed E-state index contributed by atoms with van der Waals surface area (Å²) in [6.45, 7) is 5.96. The zero-order valence-electron chi connectivity index (χ0n) is 22.3. The van der Waals surface area contributed by atoms with Crippen molar-refractivity contribution in [3.63, 3.8) is 0 Å². The van der Waals surface area contributed by atoms with Crippen LogP contribution in [0.15, 0.2) is 109 Å². The molecule has 0 spiro atoms. The van der Waals surface area contributed by atoms with Gasteiger partial charge in [-0.25, -0.2) is 0 Å². The maximum atomic E-state index is 13.1. The van der Waals surface area contributed by atoms with Gasteiger partial charge in [0.1, 0.15) is 0 Å². The standard InChI is InChI=1S/C36H30O3/c1-25-7-4-10-28(19-25)13-16-34(37)31-22-32(35(38)17-14-29-11-5-8-26(2)20-29)24-33(23-31)36(39)18-15-30-12-6-9-27(3)21-30/h4-24H,1-3H3/b16-13+,17-14+,18-15+. The van der Waals surface area contributed by atoms with Gasteiger partial charge in [-0.05, 0) is 73.9 Å². The fourth-order valence-corrected chi connectivity index (χ4v) is 4.18. The fraction of sp³-hybridized carbons (Fsp3) is 0.0833. The van der Waals surface area contributed by atoms with Crippen molar-refractivity contribution in [1.82, 2.24) is 0 Å². The number of allylic oxidation sites excluding steroid dienone is 3. The molecular formula is C36H30O3. The highest BCUT2D eigenvalue weighted by atomic mass is 16.1.